The van der Waals surface area contributed by atoms with Crippen molar-refractivity contribution in [1.29, 1.82) is 0 Å². The van der Waals surface area contributed by atoms with Crippen LogP contribution in [0.25, 0.3) is 0 Å². The average molecular weight is 340 g/mol. The van der Waals surface area contributed by atoms with E-state index in [1.165, 1.54) is 35.2 Å². The Morgan fingerprint density at radius 3 is 2.52 bits per heavy atom. The summed E-state index contributed by atoms with van der Waals surface area (Å²) in [5, 5.41) is 0.217. The number of nitrogens with zero attached hydrogens (tertiary/aromatic N) is 1. The zero-order chi connectivity index (χ0) is 16.8. The van der Waals surface area contributed by atoms with Crippen LogP contribution in [0, 0.1) is 11.6 Å². The topological polar surface area (TPSA) is 29.5 Å². The Hall–Kier alpha value is -2.14. The minimum absolute atomic E-state index is 0.130. The monoisotopic (exact) mass is 339 g/mol. The van der Waals surface area contributed by atoms with E-state index in [-0.39, 0.29) is 41.8 Å². The van der Waals surface area contributed by atoms with Gasteiger partial charge in [0.15, 0.2) is 11.6 Å². The van der Waals surface area contributed by atoms with E-state index < -0.39 is 11.6 Å². The van der Waals surface area contributed by atoms with E-state index in [1.807, 2.05) is 0 Å². The predicted octanol–water partition coefficient (Wildman–Crippen LogP) is 3.70. The van der Waals surface area contributed by atoms with Crippen molar-refractivity contribution in [3.63, 3.8) is 0 Å². The number of likely N-dealkylation sites (N-methyl/N-ethyl adjacent to an activating group) is 1. The van der Waals surface area contributed by atoms with Gasteiger partial charge < -0.3 is 9.64 Å². The number of para-hydroxylation sites is 1. The lowest BCUT2D eigenvalue weighted by molar-refractivity contribution is -0.129. The van der Waals surface area contributed by atoms with Crippen LogP contribution in [0.1, 0.15) is 5.56 Å². The summed E-state index contributed by atoms with van der Waals surface area (Å²) in [7, 11) is 1.57. The normalized spacial score (nSPS) is 10.4. The smallest absolute Gasteiger partial charge is 0.227 e. The molecule has 2 aromatic carbocycles. The second kappa shape index (κ2) is 7.92. The Kier molecular flexibility index (Phi) is 5.93. The minimum Gasteiger partial charge on any atom is -0.489 e. The molecule has 0 spiro atoms. The van der Waals surface area contributed by atoms with Gasteiger partial charge in [-0.25, -0.2) is 8.78 Å². The molecule has 1 amide bonds. The van der Waals surface area contributed by atoms with Gasteiger partial charge in [0.2, 0.25) is 5.91 Å². The van der Waals surface area contributed by atoms with E-state index in [0.29, 0.717) is 0 Å². The number of rotatable bonds is 6. The molecule has 0 radical (unpaired) electrons. The summed E-state index contributed by atoms with van der Waals surface area (Å²) >= 11 is 5.90. The molecule has 0 atom stereocenters. The van der Waals surface area contributed by atoms with Crippen LogP contribution < -0.4 is 4.74 Å². The molecule has 0 aliphatic carbocycles. The van der Waals surface area contributed by atoms with Crippen LogP contribution in [0.15, 0.2) is 42.5 Å². The van der Waals surface area contributed by atoms with Crippen molar-refractivity contribution in [2.24, 2.45) is 0 Å². The molecule has 23 heavy (non-hydrogen) atoms. The maximum atomic E-state index is 13.7. The van der Waals surface area contributed by atoms with Gasteiger partial charge in [-0.05, 0) is 24.3 Å². The largest absolute Gasteiger partial charge is 0.489 e. The molecule has 0 saturated carbocycles. The van der Waals surface area contributed by atoms with Gasteiger partial charge >= 0.3 is 0 Å². The number of hydrogen-bond donors (Lipinski definition) is 0. The maximum Gasteiger partial charge on any atom is 0.227 e. The van der Waals surface area contributed by atoms with Crippen LogP contribution in [0.2, 0.25) is 5.02 Å². The highest BCUT2D eigenvalue weighted by molar-refractivity contribution is 6.31. The van der Waals surface area contributed by atoms with Crippen molar-refractivity contribution < 1.29 is 18.3 Å². The van der Waals surface area contributed by atoms with Gasteiger partial charge in [-0.3, -0.25) is 4.79 Å². The molecule has 2 aromatic rings. The number of carbonyl (C=O) groups is 1. The van der Waals surface area contributed by atoms with Crippen molar-refractivity contribution >= 4 is 17.5 Å². The van der Waals surface area contributed by atoms with Gasteiger partial charge in [-0.2, -0.15) is 0 Å². The zero-order valence-electron chi connectivity index (χ0n) is 12.6. The van der Waals surface area contributed by atoms with E-state index >= 15 is 0 Å². The molecule has 0 aliphatic heterocycles. The molecular weight excluding hydrogens is 324 g/mol. The Morgan fingerprint density at radius 1 is 1.13 bits per heavy atom. The Bertz CT molecular complexity index is 674. The van der Waals surface area contributed by atoms with Crippen LogP contribution in [-0.4, -0.2) is 31.0 Å². The second-order valence-corrected chi connectivity index (χ2v) is 5.38. The van der Waals surface area contributed by atoms with Crippen LogP contribution in [0.4, 0.5) is 8.78 Å². The van der Waals surface area contributed by atoms with Gasteiger partial charge in [0, 0.05) is 17.6 Å². The molecule has 2 rings (SSSR count). The summed E-state index contributed by atoms with van der Waals surface area (Å²) < 4.78 is 32.3. The standard InChI is InChI=1S/C17H16ClF2NO2/c1-21(9-10-23-16-8-3-2-6-15(16)20)17(22)11-12-13(18)5-4-7-14(12)19/h2-8H,9-11H2,1H3. The van der Waals surface area contributed by atoms with Gasteiger partial charge in [0.05, 0.1) is 13.0 Å². The third-order valence-corrected chi connectivity index (χ3v) is 3.69. The zero-order valence-corrected chi connectivity index (χ0v) is 13.3. The van der Waals surface area contributed by atoms with E-state index in [9.17, 15) is 13.6 Å². The fraction of sp³-hybridized carbons (Fsp3) is 0.235. The van der Waals surface area contributed by atoms with Crippen LogP contribution in [-0.2, 0) is 11.2 Å². The lowest BCUT2D eigenvalue weighted by atomic mass is 10.1. The van der Waals surface area contributed by atoms with Crippen molar-refractivity contribution in [2.75, 3.05) is 20.2 Å². The Balaban J connectivity index is 1.87. The quantitative estimate of drug-likeness (QED) is 0.803. The molecule has 6 heteroatoms. The lowest BCUT2D eigenvalue weighted by Crippen LogP contribution is -2.32. The van der Waals surface area contributed by atoms with E-state index in [4.69, 9.17) is 16.3 Å². The highest BCUT2D eigenvalue weighted by Gasteiger charge is 2.15. The minimum atomic E-state index is -0.512. The molecular formula is C17H16ClF2NO2. The van der Waals surface area contributed by atoms with Crippen LogP contribution in [0.3, 0.4) is 0 Å². The number of ether oxygens (including phenoxy) is 1. The maximum absolute atomic E-state index is 13.7. The molecule has 0 bridgehead atoms. The van der Waals surface area contributed by atoms with Crippen molar-refractivity contribution in [1.82, 2.24) is 4.90 Å². The Morgan fingerprint density at radius 2 is 1.83 bits per heavy atom. The van der Waals surface area contributed by atoms with Gasteiger partial charge in [-0.1, -0.05) is 29.8 Å². The van der Waals surface area contributed by atoms with Gasteiger partial charge in [0.25, 0.3) is 0 Å². The number of carbonyl (C=O) groups excluding carboxylic acids is 1. The summed E-state index contributed by atoms with van der Waals surface area (Å²) in [6, 6.07) is 10.3. The molecule has 0 N–H and O–H groups in total. The lowest BCUT2D eigenvalue weighted by Gasteiger charge is -2.18. The first-order valence-electron chi connectivity index (χ1n) is 7.03. The predicted molar refractivity (Wildman–Crippen MR) is 84.6 cm³/mol. The summed E-state index contributed by atoms with van der Waals surface area (Å²) in [5.41, 5.74) is 0.168. The molecule has 0 unspecified atom stereocenters. The summed E-state index contributed by atoms with van der Waals surface area (Å²) in [6.07, 6.45) is -0.137. The third-order valence-electron chi connectivity index (χ3n) is 3.34. The van der Waals surface area contributed by atoms with Crippen molar-refractivity contribution in [2.45, 2.75) is 6.42 Å². The van der Waals surface area contributed by atoms with E-state index in [1.54, 1.807) is 19.2 Å². The second-order valence-electron chi connectivity index (χ2n) is 4.97. The highest BCUT2D eigenvalue weighted by Crippen LogP contribution is 2.20. The van der Waals surface area contributed by atoms with Crippen LogP contribution >= 0.6 is 11.6 Å². The fourth-order valence-electron chi connectivity index (χ4n) is 1.97. The number of benzene rings is 2. The Labute approximate surface area is 138 Å². The first kappa shape index (κ1) is 17.2. The third kappa shape index (κ3) is 4.66. The molecule has 0 saturated heterocycles. The molecule has 0 aromatic heterocycles. The van der Waals surface area contributed by atoms with Gasteiger partial charge in [-0.15, -0.1) is 0 Å². The average Bonchev–Trinajstić information content (AvgIpc) is 2.52. The summed E-state index contributed by atoms with van der Waals surface area (Å²) in [6.45, 7) is 0.382. The van der Waals surface area contributed by atoms with E-state index in [2.05, 4.69) is 0 Å². The van der Waals surface area contributed by atoms with Crippen molar-refractivity contribution in [3.05, 3.63) is 64.7 Å². The molecule has 0 aliphatic rings. The highest BCUT2D eigenvalue weighted by atomic mass is 35.5. The summed E-state index contributed by atoms with van der Waals surface area (Å²) in [5.74, 6) is -1.14. The fourth-order valence-corrected chi connectivity index (χ4v) is 2.20. The molecule has 0 fully saturated rings. The number of hydrogen-bond acceptors (Lipinski definition) is 2. The van der Waals surface area contributed by atoms with Crippen molar-refractivity contribution in [3.8, 4) is 5.75 Å². The number of halogens is 3. The number of amides is 1. The molecule has 0 heterocycles. The van der Waals surface area contributed by atoms with Gasteiger partial charge in [0.1, 0.15) is 12.4 Å². The first-order chi connectivity index (χ1) is 11.0. The van der Waals surface area contributed by atoms with Crippen LogP contribution in [0.5, 0.6) is 5.75 Å². The first-order valence-corrected chi connectivity index (χ1v) is 7.41. The SMILES string of the molecule is CN(CCOc1ccccc1F)C(=O)Cc1c(F)cccc1Cl. The van der Waals surface area contributed by atoms with E-state index in [0.717, 1.165) is 0 Å². The molecule has 3 nitrogen and oxygen atoms in total. The summed E-state index contributed by atoms with van der Waals surface area (Å²) in [4.78, 5) is 13.5. The molecule has 122 valence electrons.